The van der Waals surface area contributed by atoms with Crippen molar-refractivity contribution in [1.29, 1.82) is 0 Å². The predicted molar refractivity (Wildman–Crippen MR) is 87.9 cm³/mol. The summed E-state index contributed by atoms with van der Waals surface area (Å²) in [5.74, 6) is -1.28. The molecule has 0 unspecified atom stereocenters. The molecule has 0 spiro atoms. The number of aryl methyl sites for hydroxylation is 1. The van der Waals surface area contributed by atoms with Crippen LogP contribution >= 0.6 is 31.9 Å². The molecule has 4 nitrogen and oxygen atoms in total. The van der Waals surface area contributed by atoms with Gasteiger partial charge in [-0.3, -0.25) is 4.79 Å². The Kier molecular flexibility index (Phi) is 4.80. The first-order valence-electron chi connectivity index (χ1n) is 5.99. The quantitative estimate of drug-likeness (QED) is 0.781. The van der Waals surface area contributed by atoms with Crippen LogP contribution in [0.2, 0.25) is 0 Å². The van der Waals surface area contributed by atoms with E-state index in [1.807, 2.05) is 13.0 Å². The van der Waals surface area contributed by atoms with Gasteiger partial charge in [-0.05, 0) is 58.7 Å². The summed E-state index contributed by atoms with van der Waals surface area (Å²) in [6, 6.07) is 9.76. The zero-order chi connectivity index (χ0) is 15.6. The molecule has 0 saturated carbocycles. The van der Waals surface area contributed by atoms with Crippen molar-refractivity contribution in [3.8, 4) is 0 Å². The van der Waals surface area contributed by atoms with Crippen LogP contribution in [-0.4, -0.2) is 17.0 Å². The Labute approximate surface area is 138 Å². The number of aromatic carboxylic acids is 1. The molecule has 2 N–H and O–H groups in total. The number of carbonyl (C=O) groups is 2. The number of carbonyl (C=O) groups excluding carboxylic acids is 1. The first-order chi connectivity index (χ1) is 9.88. The minimum Gasteiger partial charge on any atom is -0.478 e. The van der Waals surface area contributed by atoms with Crippen LogP contribution in [0.15, 0.2) is 45.3 Å². The minimum absolute atomic E-state index is 0.151. The van der Waals surface area contributed by atoms with E-state index in [0.29, 0.717) is 15.7 Å². The van der Waals surface area contributed by atoms with E-state index in [2.05, 4.69) is 37.2 Å². The number of anilines is 1. The van der Waals surface area contributed by atoms with E-state index in [4.69, 9.17) is 5.11 Å². The molecular formula is C15H11Br2NO3. The Morgan fingerprint density at radius 1 is 1.00 bits per heavy atom. The molecule has 0 radical (unpaired) electrons. The SMILES string of the molecule is Cc1ccc(C(=O)Nc2ccc(C(=O)O)cc2Br)cc1Br. The summed E-state index contributed by atoms with van der Waals surface area (Å²) in [5.41, 5.74) is 2.22. The molecule has 0 aromatic heterocycles. The number of carboxylic acid groups (broad SMARTS) is 1. The van der Waals surface area contributed by atoms with Gasteiger partial charge in [0.15, 0.2) is 0 Å². The molecular weight excluding hydrogens is 402 g/mol. The Morgan fingerprint density at radius 3 is 2.19 bits per heavy atom. The van der Waals surface area contributed by atoms with Gasteiger partial charge in [0.1, 0.15) is 0 Å². The van der Waals surface area contributed by atoms with Crippen molar-refractivity contribution in [3.63, 3.8) is 0 Å². The van der Waals surface area contributed by atoms with Crippen LogP contribution < -0.4 is 5.32 Å². The number of halogens is 2. The lowest BCUT2D eigenvalue weighted by atomic mass is 10.1. The van der Waals surface area contributed by atoms with Crippen molar-refractivity contribution in [2.45, 2.75) is 6.92 Å². The first kappa shape index (κ1) is 15.7. The Morgan fingerprint density at radius 2 is 1.62 bits per heavy atom. The Balaban J connectivity index is 2.23. The summed E-state index contributed by atoms with van der Waals surface area (Å²) >= 11 is 6.64. The first-order valence-corrected chi connectivity index (χ1v) is 7.57. The van der Waals surface area contributed by atoms with Crippen LogP contribution in [0, 0.1) is 6.92 Å². The fourth-order valence-corrected chi connectivity index (χ4v) is 2.53. The summed E-state index contributed by atoms with van der Waals surface area (Å²) in [6.07, 6.45) is 0. The molecule has 0 heterocycles. The van der Waals surface area contributed by atoms with Crippen molar-refractivity contribution in [1.82, 2.24) is 0 Å². The summed E-state index contributed by atoms with van der Waals surface area (Å²) in [6.45, 7) is 1.94. The van der Waals surface area contributed by atoms with Crippen LogP contribution in [0.1, 0.15) is 26.3 Å². The topological polar surface area (TPSA) is 66.4 Å². The molecule has 0 saturated heterocycles. The molecule has 2 rings (SSSR count). The third kappa shape index (κ3) is 3.71. The number of nitrogens with one attached hydrogen (secondary N) is 1. The molecule has 1 amide bonds. The van der Waals surface area contributed by atoms with Crippen LogP contribution in [0.3, 0.4) is 0 Å². The molecule has 0 aliphatic rings. The summed E-state index contributed by atoms with van der Waals surface area (Å²) in [4.78, 5) is 23.0. The van der Waals surface area contributed by atoms with E-state index in [1.54, 1.807) is 18.2 Å². The second-order valence-electron chi connectivity index (χ2n) is 4.42. The average Bonchev–Trinajstić information content (AvgIpc) is 2.43. The largest absolute Gasteiger partial charge is 0.478 e. The zero-order valence-corrected chi connectivity index (χ0v) is 14.2. The third-order valence-electron chi connectivity index (χ3n) is 2.90. The fourth-order valence-electron chi connectivity index (χ4n) is 1.68. The monoisotopic (exact) mass is 411 g/mol. The van der Waals surface area contributed by atoms with Crippen molar-refractivity contribution < 1.29 is 14.7 Å². The van der Waals surface area contributed by atoms with Gasteiger partial charge in [0.05, 0.1) is 11.3 Å². The number of amides is 1. The van der Waals surface area contributed by atoms with E-state index in [9.17, 15) is 9.59 Å². The Hall–Kier alpha value is -1.66. The number of hydrogen-bond acceptors (Lipinski definition) is 2. The van der Waals surface area contributed by atoms with Crippen LogP contribution in [0.5, 0.6) is 0 Å². The van der Waals surface area contributed by atoms with Crippen LogP contribution in [0.25, 0.3) is 0 Å². The van der Waals surface area contributed by atoms with Crippen molar-refractivity contribution in [3.05, 3.63) is 62.0 Å². The number of benzene rings is 2. The van der Waals surface area contributed by atoms with E-state index in [0.717, 1.165) is 10.0 Å². The maximum absolute atomic E-state index is 12.2. The molecule has 2 aromatic carbocycles. The lowest BCUT2D eigenvalue weighted by Gasteiger charge is -2.09. The van der Waals surface area contributed by atoms with Crippen molar-refractivity contribution >= 4 is 49.4 Å². The average molecular weight is 413 g/mol. The summed E-state index contributed by atoms with van der Waals surface area (Å²) in [5, 5.41) is 11.6. The number of hydrogen-bond donors (Lipinski definition) is 2. The van der Waals surface area contributed by atoms with Crippen LogP contribution in [-0.2, 0) is 0 Å². The zero-order valence-electron chi connectivity index (χ0n) is 11.0. The predicted octanol–water partition coefficient (Wildman–Crippen LogP) is 4.47. The molecule has 2 aromatic rings. The molecule has 0 bridgehead atoms. The standard InChI is InChI=1S/C15H11Br2NO3/c1-8-2-3-9(6-11(8)16)14(19)18-13-5-4-10(15(20)21)7-12(13)17/h2-7H,1H3,(H,18,19)(H,20,21). The maximum Gasteiger partial charge on any atom is 0.335 e. The molecule has 21 heavy (non-hydrogen) atoms. The molecule has 0 fully saturated rings. The van der Waals surface area contributed by atoms with Gasteiger partial charge in [-0.15, -0.1) is 0 Å². The lowest BCUT2D eigenvalue weighted by Crippen LogP contribution is -2.12. The molecule has 6 heteroatoms. The van der Waals surface area contributed by atoms with E-state index < -0.39 is 5.97 Å². The molecule has 108 valence electrons. The van der Waals surface area contributed by atoms with E-state index in [-0.39, 0.29) is 11.5 Å². The normalized spacial score (nSPS) is 10.2. The van der Waals surface area contributed by atoms with Gasteiger partial charge < -0.3 is 10.4 Å². The molecule has 0 atom stereocenters. The maximum atomic E-state index is 12.2. The van der Waals surface area contributed by atoms with Crippen molar-refractivity contribution in [2.24, 2.45) is 0 Å². The summed E-state index contributed by atoms with van der Waals surface area (Å²) < 4.78 is 1.37. The van der Waals surface area contributed by atoms with E-state index >= 15 is 0 Å². The van der Waals surface area contributed by atoms with Gasteiger partial charge in [-0.25, -0.2) is 4.79 Å². The highest BCUT2D eigenvalue weighted by Gasteiger charge is 2.11. The van der Waals surface area contributed by atoms with Gasteiger partial charge in [0, 0.05) is 14.5 Å². The van der Waals surface area contributed by atoms with Gasteiger partial charge in [0.2, 0.25) is 0 Å². The summed E-state index contributed by atoms with van der Waals surface area (Å²) in [7, 11) is 0. The lowest BCUT2D eigenvalue weighted by molar-refractivity contribution is 0.0696. The molecule has 0 aliphatic heterocycles. The highest BCUT2D eigenvalue weighted by atomic mass is 79.9. The van der Waals surface area contributed by atoms with Crippen LogP contribution in [0.4, 0.5) is 5.69 Å². The Bertz CT molecular complexity index is 729. The van der Waals surface area contributed by atoms with Gasteiger partial charge in [-0.2, -0.15) is 0 Å². The van der Waals surface area contributed by atoms with Gasteiger partial charge in [-0.1, -0.05) is 22.0 Å². The van der Waals surface area contributed by atoms with Crippen molar-refractivity contribution in [2.75, 3.05) is 5.32 Å². The highest BCUT2D eigenvalue weighted by molar-refractivity contribution is 9.10. The van der Waals surface area contributed by atoms with Gasteiger partial charge >= 0.3 is 5.97 Å². The number of rotatable bonds is 3. The fraction of sp³-hybridized carbons (Fsp3) is 0.0667. The highest BCUT2D eigenvalue weighted by Crippen LogP contribution is 2.25. The second kappa shape index (κ2) is 6.41. The third-order valence-corrected chi connectivity index (χ3v) is 4.41. The number of carboxylic acids is 1. The second-order valence-corrected chi connectivity index (χ2v) is 6.13. The molecule has 0 aliphatic carbocycles. The van der Waals surface area contributed by atoms with E-state index in [1.165, 1.54) is 12.1 Å². The minimum atomic E-state index is -1.02. The smallest absolute Gasteiger partial charge is 0.335 e. The van der Waals surface area contributed by atoms with Gasteiger partial charge in [0.25, 0.3) is 5.91 Å².